The normalized spacial score (nSPS) is 13.7. The molecule has 0 aliphatic heterocycles. The molecule has 0 heterocycles. The summed E-state index contributed by atoms with van der Waals surface area (Å²) >= 11 is 5.76. The zero-order chi connectivity index (χ0) is 13.0. The van der Waals surface area contributed by atoms with Gasteiger partial charge < -0.3 is 9.05 Å². The van der Waals surface area contributed by atoms with Crippen LogP contribution >= 0.6 is 19.2 Å². The number of benzene rings is 2. The number of rotatable bonds is 4. The minimum Gasteiger partial charge on any atom is -0.416 e. The smallest absolute Gasteiger partial charge is 0.416 e. The first-order valence-corrected chi connectivity index (χ1v) is 7.69. The van der Waals surface area contributed by atoms with Crippen LogP contribution < -0.4 is 9.05 Å². The second-order valence-corrected chi connectivity index (χ2v) is 6.07. The predicted octanol–water partition coefficient (Wildman–Crippen LogP) is 4.62. The Bertz CT molecular complexity index is 554. The Kier molecular flexibility index (Phi) is 3.95. The van der Waals surface area contributed by atoms with Gasteiger partial charge in [-0.2, -0.15) is 0 Å². The molecule has 0 bridgehead atoms. The Morgan fingerprint density at radius 3 is 1.94 bits per heavy atom. The molecule has 3 nitrogen and oxygen atoms in total. The summed E-state index contributed by atoms with van der Waals surface area (Å²) in [5.74, 6) is 0.971. The number of hydrogen-bond acceptors (Lipinski definition) is 3. The molecule has 2 rings (SSSR count). The third-order valence-corrected chi connectivity index (χ3v) is 3.44. The van der Waals surface area contributed by atoms with Gasteiger partial charge >= 0.3 is 7.60 Å². The van der Waals surface area contributed by atoms with Crippen LogP contribution in [-0.2, 0) is 4.57 Å². The summed E-state index contributed by atoms with van der Waals surface area (Å²) in [4.78, 5) is 0. The first kappa shape index (κ1) is 13.0. The summed E-state index contributed by atoms with van der Waals surface area (Å²) in [6, 6.07) is 15.5. The fourth-order valence-electron chi connectivity index (χ4n) is 1.38. The molecule has 0 N–H and O–H groups in total. The van der Waals surface area contributed by atoms with Crippen molar-refractivity contribution in [2.45, 2.75) is 0 Å². The van der Waals surface area contributed by atoms with E-state index in [1.807, 2.05) is 6.07 Å². The van der Waals surface area contributed by atoms with E-state index in [0.29, 0.717) is 16.5 Å². The molecule has 1 unspecified atom stereocenters. The number of hydrogen-bond donors (Lipinski definition) is 0. The zero-order valence-electron chi connectivity index (χ0n) is 9.75. The molecule has 0 radical (unpaired) electrons. The van der Waals surface area contributed by atoms with Crippen molar-refractivity contribution in [2.75, 3.05) is 6.66 Å². The lowest BCUT2D eigenvalue weighted by Gasteiger charge is -2.16. The highest BCUT2D eigenvalue weighted by Crippen LogP contribution is 2.44. The second-order valence-electron chi connectivity index (χ2n) is 3.72. The molecule has 5 heteroatoms. The predicted molar refractivity (Wildman–Crippen MR) is 72.7 cm³/mol. The maximum atomic E-state index is 12.2. The lowest BCUT2D eigenvalue weighted by Crippen LogP contribution is -1.98. The van der Waals surface area contributed by atoms with Crippen LogP contribution in [-0.4, -0.2) is 6.66 Å². The van der Waals surface area contributed by atoms with Gasteiger partial charge in [-0.05, 0) is 36.4 Å². The van der Waals surface area contributed by atoms with E-state index in [-0.39, 0.29) is 0 Å². The monoisotopic (exact) mass is 282 g/mol. The minimum atomic E-state index is -3.19. The van der Waals surface area contributed by atoms with Gasteiger partial charge in [0.05, 0.1) is 6.66 Å². The summed E-state index contributed by atoms with van der Waals surface area (Å²) in [6.45, 7) is 1.43. The average molecular weight is 283 g/mol. The van der Waals surface area contributed by atoms with Crippen molar-refractivity contribution >= 4 is 19.2 Å². The van der Waals surface area contributed by atoms with Gasteiger partial charge in [0.25, 0.3) is 0 Å². The van der Waals surface area contributed by atoms with Crippen LogP contribution in [0, 0.1) is 0 Å². The quantitative estimate of drug-likeness (QED) is 0.768. The van der Waals surface area contributed by atoms with Crippen molar-refractivity contribution in [1.29, 1.82) is 0 Å². The summed E-state index contributed by atoms with van der Waals surface area (Å²) in [5.41, 5.74) is 0. The van der Waals surface area contributed by atoms with Crippen molar-refractivity contribution < 1.29 is 13.6 Å². The molecule has 0 saturated heterocycles. The van der Waals surface area contributed by atoms with Crippen molar-refractivity contribution in [2.24, 2.45) is 0 Å². The van der Waals surface area contributed by atoms with E-state index in [1.165, 1.54) is 6.66 Å². The standard InChI is InChI=1S/C13H12ClO3P/c1-18(15,16-12-5-3-2-4-6-12)17-13-9-7-11(14)8-10-13/h2-10H,1H3. The molecule has 0 aliphatic carbocycles. The van der Waals surface area contributed by atoms with Gasteiger partial charge in [-0.1, -0.05) is 29.8 Å². The Morgan fingerprint density at radius 1 is 0.889 bits per heavy atom. The molecule has 0 spiro atoms. The maximum absolute atomic E-state index is 12.2. The molecule has 0 fully saturated rings. The van der Waals surface area contributed by atoms with Crippen LogP contribution in [0.15, 0.2) is 54.6 Å². The Hall–Kier alpha value is -1.44. The third-order valence-electron chi connectivity index (χ3n) is 2.10. The van der Waals surface area contributed by atoms with E-state index >= 15 is 0 Å². The van der Waals surface area contributed by atoms with Crippen molar-refractivity contribution in [3.05, 3.63) is 59.6 Å². The lowest BCUT2D eigenvalue weighted by atomic mass is 10.3. The highest BCUT2D eigenvalue weighted by molar-refractivity contribution is 7.53. The molecule has 0 amide bonds. The molecule has 2 aromatic rings. The van der Waals surface area contributed by atoms with E-state index in [9.17, 15) is 4.57 Å². The minimum absolute atomic E-state index is 0.459. The molecular formula is C13H12ClO3P. The van der Waals surface area contributed by atoms with Gasteiger partial charge in [-0.3, -0.25) is 0 Å². The van der Waals surface area contributed by atoms with Crippen LogP contribution in [0.4, 0.5) is 0 Å². The van der Waals surface area contributed by atoms with E-state index in [4.69, 9.17) is 20.6 Å². The first-order valence-electron chi connectivity index (χ1n) is 5.32. The highest BCUT2D eigenvalue weighted by Gasteiger charge is 2.20. The third kappa shape index (κ3) is 3.80. The highest BCUT2D eigenvalue weighted by atomic mass is 35.5. The van der Waals surface area contributed by atoms with Crippen LogP contribution in [0.2, 0.25) is 5.02 Å². The lowest BCUT2D eigenvalue weighted by molar-refractivity contribution is 0.393. The fourth-order valence-corrected chi connectivity index (χ4v) is 2.55. The Morgan fingerprint density at radius 2 is 1.39 bits per heavy atom. The van der Waals surface area contributed by atoms with Gasteiger partial charge in [0, 0.05) is 5.02 Å². The van der Waals surface area contributed by atoms with E-state index in [2.05, 4.69) is 0 Å². The maximum Gasteiger partial charge on any atom is 0.427 e. The summed E-state index contributed by atoms with van der Waals surface area (Å²) in [5, 5.41) is 0.595. The molecule has 0 aliphatic rings. The summed E-state index contributed by atoms with van der Waals surface area (Å²) in [6.07, 6.45) is 0. The molecule has 2 aromatic carbocycles. The van der Waals surface area contributed by atoms with Gasteiger partial charge in [0.1, 0.15) is 11.5 Å². The topological polar surface area (TPSA) is 35.5 Å². The largest absolute Gasteiger partial charge is 0.427 e. The molecular weight excluding hydrogens is 271 g/mol. The van der Waals surface area contributed by atoms with Crippen molar-refractivity contribution in [3.63, 3.8) is 0 Å². The first-order chi connectivity index (χ1) is 8.55. The van der Waals surface area contributed by atoms with Crippen molar-refractivity contribution in [1.82, 2.24) is 0 Å². The van der Waals surface area contributed by atoms with Crippen LogP contribution in [0.5, 0.6) is 11.5 Å². The zero-order valence-corrected chi connectivity index (χ0v) is 11.4. The van der Waals surface area contributed by atoms with Crippen molar-refractivity contribution in [3.8, 4) is 11.5 Å². The Balaban J connectivity index is 2.08. The summed E-state index contributed by atoms with van der Waals surface area (Å²) in [7, 11) is -3.19. The molecule has 18 heavy (non-hydrogen) atoms. The molecule has 0 saturated carbocycles. The van der Waals surface area contributed by atoms with Crippen LogP contribution in [0.1, 0.15) is 0 Å². The van der Waals surface area contributed by atoms with Gasteiger partial charge in [-0.15, -0.1) is 0 Å². The fraction of sp³-hybridized carbons (Fsp3) is 0.0769. The van der Waals surface area contributed by atoms with E-state index in [0.717, 1.165) is 0 Å². The second kappa shape index (κ2) is 5.47. The van der Waals surface area contributed by atoms with E-state index < -0.39 is 7.60 Å². The van der Waals surface area contributed by atoms with Crippen LogP contribution in [0.3, 0.4) is 0 Å². The molecule has 94 valence electrons. The average Bonchev–Trinajstić information content (AvgIpc) is 2.32. The van der Waals surface area contributed by atoms with Gasteiger partial charge in [0.15, 0.2) is 0 Å². The number of halogens is 1. The number of para-hydroxylation sites is 1. The van der Waals surface area contributed by atoms with Gasteiger partial charge in [0.2, 0.25) is 0 Å². The van der Waals surface area contributed by atoms with Gasteiger partial charge in [-0.25, -0.2) is 4.57 Å². The molecule has 1 atom stereocenters. The SMILES string of the molecule is CP(=O)(Oc1ccccc1)Oc1ccc(Cl)cc1. The summed E-state index contributed by atoms with van der Waals surface area (Å²) < 4.78 is 22.8. The molecule has 0 aromatic heterocycles. The van der Waals surface area contributed by atoms with Crippen LogP contribution in [0.25, 0.3) is 0 Å². The Labute approximate surface area is 111 Å². The van der Waals surface area contributed by atoms with E-state index in [1.54, 1.807) is 48.5 Å².